The number of carbonyl (C=O) groups is 1. The number of rotatable bonds is 2. The van der Waals surface area contributed by atoms with Gasteiger partial charge in [-0.3, -0.25) is 9.69 Å². The lowest BCUT2D eigenvalue weighted by atomic mass is 9.99. The average molecular weight is 224 g/mol. The summed E-state index contributed by atoms with van der Waals surface area (Å²) < 4.78 is 0. The Kier molecular flexibility index (Phi) is 4.36. The number of ketones is 1. The molecule has 0 aromatic heterocycles. The van der Waals surface area contributed by atoms with Gasteiger partial charge >= 0.3 is 0 Å². The largest absolute Gasteiger partial charge is 0.317 e. The van der Waals surface area contributed by atoms with Crippen molar-refractivity contribution in [2.75, 3.05) is 20.1 Å². The van der Waals surface area contributed by atoms with E-state index >= 15 is 0 Å². The van der Waals surface area contributed by atoms with Gasteiger partial charge < -0.3 is 5.32 Å². The molecule has 0 bridgehead atoms. The van der Waals surface area contributed by atoms with Crippen LogP contribution in [-0.2, 0) is 4.79 Å². The molecule has 1 heterocycles. The molecule has 0 amide bonds. The first-order valence-electron chi connectivity index (χ1n) is 6.74. The normalized spacial score (nSPS) is 29.4. The Labute approximate surface area is 98.6 Å². The number of nitrogens with zero attached hydrogens (tertiary/aromatic N) is 1. The fourth-order valence-electron chi connectivity index (χ4n) is 3.04. The van der Waals surface area contributed by atoms with E-state index in [0.717, 1.165) is 32.4 Å². The summed E-state index contributed by atoms with van der Waals surface area (Å²) in [4.78, 5) is 14.4. The third kappa shape index (κ3) is 2.83. The zero-order valence-electron chi connectivity index (χ0n) is 10.4. The van der Waals surface area contributed by atoms with Crippen molar-refractivity contribution < 1.29 is 4.79 Å². The zero-order chi connectivity index (χ0) is 11.4. The van der Waals surface area contributed by atoms with Crippen molar-refractivity contribution in [1.82, 2.24) is 10.2 Å². The Balaban J connectivity index is 1.95. The summed E-state index contributed by atoms with van der Waals surface area (Å²) in [6.07, 6.45) is 7.85. The molecule has 16 heavy (non-hydrogen) atoms. The van der Waals surface area contributed by atoms with E-state index in [0.29, 0.717) is 11.8 Å². The van der Waals surface area contributed by atoms with E-state index in [-0.39, 0.29) is 6.04 Å². The van der Waals surface area contributed by atoms with E-state index in [1.807, 2.05) is 0 Å². The van der Waals surface area contributed by atoms with Gasteiger partial charge in [0.15, 0.2) is 0 Å². The van der Waals surface area contributed by atoms with Gasteiger partial charge in [0, 0.05) is 12.5 Å². The molecule has 0 radical (unpaired) electrons. The highest BCUT2D eigenvalue weighted by Crippen LogP contribution is 2.22. The Morgan fingerprint density at radius 2 is 1.88 bits per heavy atom. The van der Waals surface area contributed by atoms with E-state index in [1.54, 1.807) is 0 Å². The monoisotopic (exact) mass is 224 g/mol. The van der Waals surface area contributed by atoms with Crippen molar-refractivity contribution in [3.8, 4) is 0 Å². The predicted octanol–water partition coefficient (Wildman–Crippen LogP) is 1.57. The first-order valence-corrected chi connectivity index (χ1v) is 6.74. The van der Waals surface area contributed by atoms with E-state index in [2.05, 4.69) is 17.3 Å². The lowest BCUT2D eigenvalue weighted by Gasteiger charge is -2.36. The van der Waals surface area contributed by atoms with Crippen molar-refractivity contribution >= 4 is 5.78 Å². The van der Waals surface area contributed by atoms with Crippen molar-refractivity contribution in [2.45, 2.75) is 57.0 Å². The molecule has 92 valence electrons. The lowest BCUT2D eigenvalue weighted by molar-refractivity contribution is -0.124. The van der Waals surface area contributed by atoms with Crippen LogP contribution < -0.4 is 5.32 Å². The van der Waals surface area contributed by atoms with Gasteiger partial charge in [0.05, 0.1) is 6.04 Å². The molecule has 1 atom stereocenters. The van der Waals surface area contributed by atoms with Gasteiger partial charge in [-0.15, -0.1) is 0 Å². The van der Waals surface area contributed by atoms with E-state index < -0.39 is 0 Å². The van der Waals surface area contributed by atoms with Crippen LogP contribution in [-0.4, -0.2) is 42.9 Å². The smallest absolute Gasteiger partial charge is 0.149 e. The van der Waals surface area contributed by atoms with Crippen LogP contribution in [0.5, 0.6) is 0 Å². The van der Waals surface area contributed by atoms with Crippen LogP contribution >= 0.6 is 0 Å². The Bertz CT molecular complexity index is 236. The molecule has 0 aromatic carbocycles. The van der Waals surface area contributed by atoms with Crippen LogP contribution in [0.15, 0.2) is 0 Å². The standard InChI is InChI=1S/C13H24N2O/c1-15(11-7-9-14-10-8-11)12-5-3-2-4-6-13(12)16/h11-12,14H,2-10H2,1H3. The highest BCUT2D eigenvalue weighted by atomic mass is 16.1. The van der Waals surface area contributed by atoms with Gasteiger partial charge in [-0.25, -0.2) is 0 Å². The second-order valence-electron chi connectivity index (χ2n) is 5.23. The Hall–Kier alpha value is -0.410. The number of nitrogens with one attached hydrogen (secondary N) is 1. The molecule has 2 fully saturated rings. The van der Waals surface area contributed by atoms with E-state index in [4.69, 9.17) is 0 Å². The summed E-state index contributed by atoms with van der Waals surface area (Å²) in [6, 6.07) is 0.832. The maximum atomic E-state index is 12.0. The molecule has 3 nitrogen and oxygen atoms in total. The van der Waals surface area contributed by atoms with Crippen LogP contribution in [0.4, 0.5) is 0 Å². The maximum absolute atomic E-state index is 12.0. The van der Waals surface area contributed by atoms with E-state index in [9.17, 15) is 4.79 Å². The summed E-state index contributed by atoms with van der Waals surface area (Å²) in [5.41, 5.74) is 0. The summed E-state index contributed by atoms with van der Waals surface area (Å²) in [5, 5.41) is 3.38. The molecule has 1 saturated carbocycles. The van der Waals surface area contributed by atoms with Gasteiger partial charge in [-0.2, -0.15) is 0 Å². The lowest BCUT2D eigenvalue weighted by Crippen LogP contribution is -2.48. The van der Waals surface area contributed by atoms with Crippen molar-refractivity contribution in [3.63, 3.8) is 0 Å². The molecule has 0 spiro atoms. The minimum Gasteiger partial charge on any atom is -0.317 e. The topological polar surface area (TPSA) is 32.3 Å². The predicted molar refractivity (Wildman–Crippen MR) is 65.5 cm³/mol. The number of Topliss-reactive ketones (excluding diaryl/α,β-unsaturated/α-hetero) is 1. The van der Waals surface area contributed by atoms with Crippen LogP contribution in [0.1, 0.15) is 44.9 Å². The molecule has 1 N–H and O–H groups in total. The molecule has 1 aliphatic heterocycles. The van der Waals surface area contributed by atoms with Gasteiger partial charge in [0.2, 0.25) is 0 Å². The second kappa shape index (κ2) is 5.78. The van der Waals surface area contributed by atoms with E-state index in [1.165, 1.54) is 25.7 Å². The first kappa shape index (κ1) is 12.1. The van der Waals surface area contributed by atoms with Gasteiger partial charge in [-0.05, 0) is 45.8 Å². The third-order valence-corrected chi connectivity index (χ3v) is 4.15. The Morgan fingerprint density at radius 3 is 2.62 bits per heavy atom. The molecule has 1 unspecified atom stereocenters. The summed E-state index contributed by atoms with van der Waals surface area (Å²) in [7, 11) is 2.16. The second-order valence-corrected chi connectivity index (χ2v) is 5.23. The molecule has 0 aromatic rings. The summed E-state index contributed by atoms with van der Waals surface area (Å²) in [6.45, 7) is 2.21. The highest BCUT2D eigenvalue weighted by molar-refractivity contribution is 5.84. The number of piperidine rings is 1. The maximum Gasteiger partial charge on any atom is 0.149 e. The first-order chi connectivity index (χ1) is 7.79. The number of hydrogen-bond donors (Lipinski definition) is 1. The quantitative estimate of drug-likeness (QED) is 0.723. The van der Waals surface area contributed by atoms with Crippen molar-refractivity contribution in [2.24, 2.45) is 0 Å². The van der Waals surface area contributed by atoms with Crippen molar-refractivity contribution in [3.05, 3.63) is 0 Å². The van der Waals surface area contributed by atoms with Crippen LogP contribution in [0.3, 0.4) is 0 Å². The third-order valence-electron chi connectivity index (χ3n) is 4.15. The van der Waals surface area contributed by atoms with Gasteiger partial charge in [-0.1, -0.05) is 12.8 Å². The molecule has 2 rings (SSSR count). The molecule has 2 aliphatic rings. The minimum absolute atomic E-state index is 0.214. The number of carbonyl (C=O) groups excluding carboxylic acids is 1. The molecule has 1 aliphatic carbocycles. The fourth-order valence-corrected chi connectivity index (χ4v) is 3.04. The average Bonchev–Trinajstić information content (AvgIpc) is 2.54. The minimum atomic E-state index is 0.214. The molecule has 3 heteroatoms. The van der Waals surface area contributed by atoms with Crippen LogP contribution in [0.2, 0.25) is 0 Å². The highest BCUT2D eigenvalue weighted by Gasteiger charge is 2.29. The van der Waals surface area contributed by atoms with Crippen LogP contribution in [0.25, 0.3) is 0 Å². The fraction of sp³-hybridized carbons (Fsp3) is 0.923. The Morgan fingerprint density at radius 1 is 1.12 bits per heavy atom. The number of hydrogen-bond acceptors (Lipinski definition) is 3. The number of likely N-dealkylation sites (N-methyl/N-ethyl adjacent to an activating group) is 1. The molecular weight excluding hydrogens is 200 g/mol. The zero-order valence-corrected chi connectivity index (χ0v) is 10.4. The summed E-state index contributed by atoms with van der Waals surface area (Å²) in [5.74, 6) is 0.485. The van der Waals surface area contributed by atoms with Crippen LogP contribution in [0, 0.1) is 0 Å². The van der Waals surface area contributed by atoms with Gasteiger partial charge in [0.25, 0.3) is 0 Å². The van der Waals surface area contributed by atoms with Crippen molar-refractivity contribution in [1.29, 1.82) is 0 Å². The summed E-state index contributed by atoms with van der Waals surface area (Å²) >= 11 is 0. The SMILES string of the molecule is CN(C1CCNCC1)C1CCCCCC1=O. The van der Waals surface area contributed by atoms with Gasteiger partial charge in [0.1, 0.15) is 5.78 Å². The molecule has 1 saturated heterocycles. The molecular formula is C13H24N2O.